The number of hydrogen-bond acceptors (Lipinski definition) is 7. The number of carbonyl (C=O) groups is 1. The SMILES string of the molecule is CC(=O)N1CCN(c2ccc(Nc3nc(NC(C)CO)c4cc[nH]c4n3)cc2)CC1. The maximum absolute atomic E-state index is 11.5. The van der Waals surface area contributed by atoms with E-state index < -0.39 is 0 Å². The number of anilines is 4. The summed E-state index contributed by atoms with van der Waals surface area (Å²) < 4.78 is 0. The average Bonchev–Trinajstić information content (AvgIpc) is 3.23. The van der Waals surface area contributed by atoms with Gasteiger partial charge in [-0.25, -0.2) is 0 Å². The minimum absolute atomic E-state index is 0.0147. The van der Waals surface area contributed by atoms with Gasteiger partial charge in [0.1, 0.15) is 11.5 Å². The molecular formula is C21H27N7O2. The van der Waals surface area contributed by atoms with Crippen LogP contribution >= 0.6 is 0 Å². The number of benzene rings is 1. The Morgan fingerprint density at radius 2 is 1.90 bits per heavy atom. The van der Waals surface area contributed by atoms with Gasteiger partial charge in [0.15, 0.2) is 0 Å². The summed E-state index contributed by atoms with van der Waals surface area (Å²) in [4.78, 5) is 27.9. The maximum Gasteiger partial charge on any atom is 0.231 e. The first-order valence-corrected chi connectivity index (χ1v) is 10.1. The van der Waals surface area contributed by atoms with Gasteiger partial charge in [0.2, 0.25) is 11.9 Å². The van der Waals surface area contributed by atoms with Crippen LogP contribution in [0.2, 0.25) is 0 Å². The van der Waals surface area contributed by atoms with Gasteiger partial charge in [-0.2, -0.15) is 9.97 Å². The second-order valence-electron chi connectivity index (χ2n) is 7.53. The zero-order valence-electron chi connectivity index (χ0n) is 17.2. The number of nitrogens with one attached hydrogen (secondary N) is 3. The van der Waals surface area contributed by atoms with Crippen LogP contribution in [0, 0.1) is 0 Å². The number of aromatic nitrogens is 3. The lowest BCUT2D eigenvalue weighted by molar-refractivity contribution is -0.129. The highest BCUT2D eigenvalue weighted by Gasteiger charge is 2.18. The molecule has 0 bridgehead atoms. The molecule has 1 amide bonds. The highest BCUT2D eigenvalue weighted by molar-refractivity contribution is 5.88. The first-order chi connectivity index (χ1) is 14.5. The molecule has 0 radical (unpaired) electrons. The number of H-pyrrole nitrogens is 1. The Balaban J connectivity index is 1.47. The Morgan fingerprint density at radius 1 is 1.17 bits per heavy atom. The van der Waals surface area contributed by atoms with Crippen molar-refractivity contribution in [1.29, 1.82) is 0 Å². The zero-order chi connectivity index (χ0) is 21.1. The summed E-state index contributed by atoms with van der Waals surface area (Å²) >= 11 is 0. The molecule has 1 aromatic carbocycles. The van der Waals surface area contributed by atoms with E-state index >= 15 is 0 Å². The van der Waals surface area contributed by atoms with Crippen molar-refractivity contribution in [3.8, 4) is 0 Å². The molecule has 9 heteroatoms. The molecule has 1 saturated heterocycles. The smallest absolute Gasteiger partial charge is 0.231 e. The van der Waals surface area contributed by atoms with Crippen molar-refractivity contribution in [1.82, 2.24) is 19.9 Å². The standard InChI is InChI=1S/C21H27N7O2/c1-14(13-29)23-20-18-7-8-22-19(18)25-21(26-20)24-16-3-5-17(6-4-16)28-11-9-27(10-12-28)15(2)30/h3-8,14,29H,9-13H2,1-2H3,(H3,22,23,24,25,26). The topological polar surface area (TPSA) is 109 Å². The minimum Gasteiger partial charge on any atom is -0.394 e. The molecule has 3 heterocycles. The number of hydrogen-bond donors (Lipinski definition) is 4. The zero-order valence-corrected chi connectivity index (χ0v) is 17.2. The lowest BCUT2D eigenvalue weighted by atomic mass is 10.2. The average molecular weight is 409 g/mol. The van der Waals surface area contributed by atoms with E-state index in [0.717, 1.165) is 48.6 Å². The van der Waals surface area contributed by atoms with E-state index in [9.17, 15) is 9.90 Å². The van der Waals surface area contributed by atoms with E-state index in [1.165, 1.54) is 0 Å². The van der Waals surface area contributed by atoms with Crippen LogP contribution in [0.25, 0.3) is 11.0 Å². The van der Waals surface area contributed by atoms with Crippen LogP contribution in [0.4, 0.5) is 23.1 Å². The van der Waals surface area contributed by atoms with Crippen molar-refractivity contribution in [2.75, 3.05) is 48.3 Å². The summed E-state index contributed by atoms with van der Waals surface area (Å²) in [6.45, 7) is 6.69. The van der Waals surface area contributed by atoms with Crippen LogP contribution in [0.3, 0.4) is 0 Å². The monoisotopic (exact) mass is 409 g/mol. The fourth-order valence-electron chi connectivity index (χ4n) is 3.55. The van der Waals surface area contributed by atoms with Gasteiger partial charge in [-0.1, -0.05) is 0 Å². The fourth-order valence-corrected chi connectivity index (χ4v) is 3.55. The normalized spacial score (nSPS) is 15.3. The summed E-state index contributed by atoms with van der Waals surface area (Å²) in [6, 6.07) is 9.91. The molecular weight excluding hydrogens is 382 g/mol. The van der Waals surface area contributed by atoms with Gasteiger partial charge in [0, 0.05) is 56.7 Å². The first kappa shape index (κ1) is 20.0. The lowest BCUT2D eigenvalue weighted by Crippen LogP contribution is -2.48. The van der Waals surface area contributed by atoms with E-state index in [-0.39, 0.29) is 18.6 Å². The van der Waals surface area contributed by atoms with Crippen LogP contribution in [0.5, 0.6) is 0 Å². The van der Waals surface area contributed by atoms with Crippen molar-refractivity contribution in [3.63, 3.8) is 0 Å². The van der Waals surface area contributed by atoms with Gasteiger partial charge >= 0.3 is 0 Å². The molecule has 1 aliphatic heterocycles. The molecule has 1 aliphatic rings. The Kier molecular flexibility index (Phi) is 5.71. The van der Waals surface area contributed by atoms with Gasteiger partial charge < -0.3 is 30.5 Å². The Labute approximate surface area is 175 Å². The molecule has 1 fully saturated rings. The Hall–Kier alpha value is -3.33. The molecule has 1 unspecified atom stereocenters. The van der Waals surface area contributed by atoms with Crippen LogP contribution in [0.15, 0.2) is 36.5 Å². The summed E-state index contributed by atoms with van der Waals surface area (Å²) in [5.41, 5.74) is 2.73. The van der Waals surface area contributed by atoms with Gasteiger partial charge in [-0.3, -0.25) is 4.79 Å². The van der Waals surface area contributed by atoms with Gasteiger partial charge in [0.05, 0.1) is 12.0 Å². The maximum atomic E-state index is 11.5. The molecule has 0 spiro atoms. The molecule has 3 aromatic rings. The number of nitrogens with zero attached hydrogens (tertiary/aromatic N) is 4. The number of aliphatic hydroxyl groups is 1. The molecule has 30 heavy (non-hydrogen) atoms. The summed E-state index contributed by atoms with van der Waals surface area (Å²) in [6.07, 6.45) is 1.82. The summed E-state index contributed by atoms with van der Waals surface area (Å²) in [7, 11) is 0. The molecule has 0 aliphatic carbocycles. The van der Waals surface area contributed by atoms with Crippen molar-refractivity contribution in [2.24, 2.45) is 0 Å². The molecule has 9 nitrogen and oxygen atoms in total. The van der Waals surface area contributed by atoms with Crippen LogP contribution in [-0.4, -0.2) is 69.7 Å². The number of aromatic amines is 1. The Morgan fingerprint density at radius 3 is 2.57 bits per heavy atom. The molecule has 1 atom stereocenters. The highest BCUT2D eigenvalue weighted by Crippen LogP contribution is 2.25. The lowest BCUT2D eigenvalue weighted by Gasteiger charge is -2.35. The largest absolute Gasteiger partial charge is 0.394 e. The third-order valence-electron chi connectivity index (χ3n) is 5.29. The predicted molar refractivity (Wildman–Crippen MR) is 118 cm³/mol. The Bertz CT molecular complexity index is 1010. The number of piperazine rings is 1. The molecule has 0 saturated carbocycles. The van der Waals surface area contributed by atoms with Crippen molar-refractivity contribution in [2.45, 2.75) is 19.9 Å². The third-order valence-corrected chi connectivity index (χ3v) is 5.29. The number of rotatable bonds is 6. The van der Waals surface area contributed by atoms with Crippen LogP contribution in [-0.2, 0) is 4.79 Å². The quantitative estimate of drug-likeness (QED) is 0.494. The molecule has 158 valence electrons. The van der Waals surface area contributed by atoms with E-state index in [1.54, 1.807) is 6.92 Å². The minimum atomic E-state index is -0.117. The summed E-state index contributed by atoms with van der Waals surface area (Å²) in [5.74, 6) is 1.28. The van der Waals surface area contributed by atoms with Crippen LogP contribution < -0.4 is 15.5 Å². The van der Waals surface area contributed by atoms with Crippen molar-refractivity contribution >= 4 is 40.1 Å². The first-order valence-electron chi connectivity index (χ1n) is 10.1. The summed E-state index contributed by atoms with van der Waals surface area (Å²) in [5, 5.41) is 16.7. The van der Waals surface area contributed by atoms with Gasteiger partial charge in [0.25, 0.3) is 0 Å². The van der Waals surface area contributed by atoms with E-state index in [1.807, 2.05) is 36.2 Å². The van der Waals surface area contributed by atoms with Gasteiger partial charge in [-0.15, -0.1) is 0 Å². The van der Waals surface area contributed by atoms with E-state index in [2.05, 4.69) is 42.6 Å². The molecule has 4 N–H and O–H groups in total. The van der Waals surface area contributed by atoms with Gasteiger partial charge in [-0.05, 0) is 37.3 Å². The van der Waals surface area contributed by atoms with Crippen molar-refractivity contribution in [3.05, 3.63) is 36.5 Å². The molecule has 2 aromatic heterocycles. The van der Waals surface area contributed by atoms with Crippen LogP contribution in [0.1, 0.15) is 13.8 Å². The number of fused-ring (bicyclic) bond motifs is 1. The van der Waals surface area contributed by atoms with E-state index in [4.69, 9.17) is 0 Å². The fraction of sp³-hybridized carbons (Fsp3) is 0.381. The number of amides is 1. The predicted octanol–water partition coefficient (Wildman–Crippen LogP) is 2.16. The number of aliphatic hydroxyl groups excluding tert-OH is 1. The molecule has 4 rings (SSSR count). The highest BCUT2D eigenvalue weighted by atomic mass is 16.3. The third kappa shape index (κ3) is 4.30. The second-order valence-corrected chi connectivity index (χ2v) is 7.53. The van der Waals surface area contributed by atoms with Crippen molar-refractivity contribution < 1.29 is 9.90 Å². The second kappa shape index (κ2) is 8.58. The number of carbonyl (C=O) groups excluding carboxylic acids is 1. The van der Waals surface area contributed by atoms with E-state index in [0.29, 0.717) is 11.8 Å².